The number of carbonyl (C=O) groups excluding carboxylic acids is 1. The first kappa shape index (κ1) is 15.0. The molecule has 1 atom stereocenters. The third kappa shape index (κ3) is 10.3. The van der Waals surface area contributed by atoms with Crippen molar-refractivity contribution in [1.82, 2.24) is 0 Å². The third-order valence-corrected chi connectivity index (χ3v) is 3.61. The molecular weight excluding hydrogens is 204 g/mol. The number of hydrogen-bond acceptors (Lipinski definition) is 2. The minimum absolute atomic E-state index is 0.270. The Labute approximate surface area is 99.4 Å². The van der Waals surface area contributed by atoms with Gasteiger partial charge in [0, 0.05) is 16.4 Å². The van der Waals surface area contributed by atoms with E-state index in [1.807, 2.05) is 11.8 Å². The molecule has 15 heavy (non-hydrogen) atoms. The lowest BCUT2D eigenvalue weighted by molar-refractivity contribution is -0.117. The molecule has 0 amide bonds. The van der Waals surface area contributed by atoms with E-state index in [-0.39, 0.29) is 4.75 Å². The van der Waals surface area contributed by atoms with Crippen molar-refractivity contribution in [2.24, 2.45) is 0 Å². The second-order valence-corrected chi connectivity index (χ2v) is 7.38. The van der Waals surface area contributed by atoms with Gasteiger partial charge in [0.15, 0.2) is 0 Å². The van der Waals surface area contributed by atoms with Crippen LogP contribution in [0.25, 0.3) is 0 Å². The summed E-state index contributed by atoms with van der Waals surface area (Å²) in [6, 6.07) is 0. The van der Waals surface area contributed by atoms with E-state index in [4.69, 9.17) is 0 Å². The van der Waals surface area contributed by atoms with Gasteiger partial charge in [0.05, 0.1) is 0 Å². The summed E-state index contributed by atoms with van der Waals surface area (Å²) in [6.07, 6.45) is 5.74. The van der Waals surface area contributed by atoms with Crippen LogP contribution >= 0.6 is 11.8 Å². The molecule has 0 heterocycles. The quantitative estimate of drug-likeness (QED) is 0.601. The summed E-state index contributed by atoms with van der Waals surface area (Å²) in [6.45, 7) is 10.6. The molecule has 0 saturated carbocycles. The van der Waals surface area contributed by atoms with Gasteiger partial charge in [-0.3, -0.25) is 4.79 Å². The van der Waals surface area contributed by atoms with Crippen molar-refractivity contribution in [2.45, 2.75) is 76.7 Å². The summed E-state index contributed by atoms with van der Waals surface area (Å²) >= 11 is 1.96. The van der Waals surface area contributed by atoms with Crippen LogP contribution in [0.15, 0.2) is 0 Å². The van der Waals surface area contributed by atoms with Gasteiger partial charge in [-0.25, -0.2) is 0 Å². The third-order valence-electron chi connectivity index (χ3n) is 2.17. The van der Waals surface area contributed by atoms with Crippen LogP contribution in [0.1, 0.15) is 66.7 Å². The van der Waals surface area contributed by atoms with Crippen molar-refractivity contribution in [3.05, 3.63) is 0 Å². The van der Waals surface area contributed by atoms with Gasteiger partial charge in [-0.05, 0) is 13.3 Å². The monoisotopic (exact) mass is 230 g/mol. The average Bonchev–Trinajstić information content (AvgIpc) is 2.00. The normalized spacial score (nSPS) is 13.9. The summed E-state index contributed by atoms with van der Waals surface area (Å²) in [5.41, 5.74) is 0. The molecule has 0 aliphatic heterocycles. The summed E-state index contributed by atoms with van der Waals surface area (Å²) < 4.78 is 0.270. The summed E-state index contributed by atoms with van der Waals surface area (Å²) in [7, 11) is 0. The smallest absolute Gasteiger partial charge is 0.130 e. The average molecular weight is 230 g/mol. The van der Waals surface area contributed by atoms with E-state index in [0.717, 1.165) is 6.42 Å². The molecule has 0 unspecified atom stereocenters. The van der Waals surface area contributed by atoms with Crippen molar-refractivity contribution < 1.29 is 4.79 Å². The van der Waals surface area contributed by atoms with Crippen LogP contribution in [0.3, 0.4) is 0 Å². The Kier molecular flexibility index (Phi) is 7.33. The van der Waals surface area contributed by atoms with E-state index in [2.05, 4.69) is 27.7 Å². The maximum atomic E-state index is 11.2. The van der Waals surface area contributed by atoms with Crippen LogP contribution in [0.5, 0.6) is 0 Å². The largest absolute Gasteiger partial charge is 0.300 e. The van der Waals surface area contributed by atoms with E-state index in [1.54, 1.807) is 6.92 Å². The molecule has 0 rings (SSSR count). The minimum atomic E-state index is 0.270. The van der Waals surface area contributed by atoms with E-state index >= 15 is 0 Å². The van der Waals surface area contributed by atoms with Crippen LogP contribution in [0.4, 0.5) is 0 Å². The zero-order chi connectivity index (χ0) is 11.9. The van der Waals surface area contributed by atoms with Gasteiger partial charge in [0.1, 0.15) is 5.78 Å². The van der Waals surface area contributed by atoms with Gasteiger partial charge in [0.25, 0.3) is 0 Å². The van der Waals surface area contributed by atoms with Gasteiger partial charge in [-0.2, -0.15) is 11.8 Å². The summed E-state index contributed by atoms with van der Waals surface area (Å²) in [5.74, 6) is 0.327. The highest BCUT2D eigenvalue weighted by atomic mass is 32.2. The first-order valence-electron chi connectivity index (χ1n) is 6.02. The summed E-state index contributed by atoms with van der Waals surface area (Å²) in [5, 5.41) is 0.522. The molecule has 0 radical (unpaired) electrons. The standard InChI is InChI=1S/C13H26OS/c1-6-7-8-9-12(10-11(2)14)15-13(3,4)5/h12H,6-10H2,1-5H3/t12-/m1/s1. The fourth-order valence-corrected chi connectivity index (χ4v) is 3.25. The lowest BCUT2D eigenvalue weighted by Crippen LogP contribution is -2.18. The molecule has 0 aliphatic carbocycles. The Bertz CT molecular complexity index is 181. The molecule has 2 heteroatoms. The molecule has 1 nitrogen and oxygen atoms in total. The molecular formula is C13H26OS. The molecule has 0 fully saturated rings. The van der Waals surface area contributed by atoms with Crippen molar-refractivity contribution in [3.8, 4) is 0 Å². The van der Waals surface area contributed by atoms with Crippen molar-refractivity contribution in [3.63, 3.8) is 0 Å². The number of rotatable bonds is 7. The Morgan fingerprint density at radius 2 is 1.87 bits per heavy atom. The summed E-state index contributed by atoms with van der Waals surface area (Å²) in [4.78, 5) is 11.2. The highest BCUT2D eigenvalue weighted by Gasteiger charge is 2.19. The SMILES string of the molecule is CCCCC[C@H](CC(C)=O)SC(C)(C)C. The topological polar surface area (TPSA) is 17.1 Å². The Morgan fingerprint density at radius 3 is 2.27 bits per heavy atom. The zero-order valence-corrected chi connectivity index (χ0v) is 11.7. The highest BCUT2D eigenvalue weighted by molar-refractivity contribution is 8.01. The van der Waals surface area contributed by atoms with Gasteiger partial charge in [-0.1, -0.05) is 47.0 Å². The molecule has 0 bridgehead atoms. The van der Waals surface area contributed by atoms with E-state index in [9.17, 15) is 4.79 Å². The van der Waals surface area contributed by atoms with Crippen LogP contribution in [-0.2, 0) is 4.79 Å². The van der Waals surface area contributed by atoms with E-state index in [1.165, 1.54) is 25.7 Å². The second-order valence-electron chi connectivity index (χ2n) is 5.25. The predicted molar refractivity (Wildman–Crippen MR) is 70.6 cm³/mol. The van der Waals surface area contributed by atoms with Gasteiger partial charge in [-0.15, -0.1) is 0 Å². The molecule has 90 valence electrons. The maximum Gasteiger partial charge on any atom is 0.130 e. The Balaban J connectivity index is 4.01. The van der Waals surface area contributed by atoms with Crippen LogP contribution in [0, 0.1) is 0 Å². The first-order valence-corrected chi connectivity index (χ1v) is 6.90. The molecule has 0 N–H and O–H groups in total. The number of hydrogen-bond donors (Lipinski definition) is 0. The Hall–Kier alpha value is 0.0200. The lowest BCUT2D eigenvalue weighted by Gasteiger charge is -2.25. The number of Topliss-reactive ketones (excluding diaryl/α,β-unsaturated/α-hetero) is 1. The number of thioether (sulfide) groups is 1. The maximum absolute atomic E-state index is 11.2. The van der Waals surface area contributed by atoms with E-state index < -0.39 is 0 Å². The fourth-order valence-electron chi connectivity index (χ4n) is 1.65. The molecule has 0 aromatic carbocycles. The zero-order valence-electron chi connectivity index (χ0n) is 10.9. The lowest BCUT2D eigenvalue weighted by atomic mass is 10.1. The molecule has 0 aromatic rings. The molecule has 0 aliphatic rings. The van der Waals surface area contributed by atoms with Gasteiger partial charge in [0.2, 0.25) is 0 Å². The molecule has 0 saturated heterocycles. The highest BCUT2D eigenvalue weighted by Crippen LogP contribution is 2.32. The minimum Gasteiger partial charge on any atom is -0.300 e. The number of unbranched alkanes of at least 4 members (excludes halogenated alkanes) is 2. The predicted octanol–water partition coefficient (Wildman–Crippen LogP) is 4.45. The van der Waals surface area contributed by atoms with Crippen LogP contribution in [0.2, 0.25) is 0 Å². The molecule has 0 spiro atoms. The van der Waals surface area contributed by atoms with Crippen molar-refractivity contribution in [1.29, 1.82) is 0 Å². The van der Waals surface area contributed by atoms with Crippen molar-refractivity contribution >= 4 is 17.5 Å². The first-order chi connectivity index (χ1) is 6.85. The van der Waals surface area contributed by atoms with Crippen LogP contribution < -0.4 is 0 Å². The van der Waals surface area contributed by atoms with Crippen LogP contribution in [-0.4, -0.2) is 15.8 Å². The van der Waals surface area contributed by atoms with Gasteiger partial charge < -0.3 is 0 Å². The van der Waals surface area contributed by atoms with Gasteiger partial charge >= 0.3 is 0 Å². The number of carbonyl (C=O) groups is 1. The fraction of sp³-hybridized carbons (Fsp3) is 0.923. The number of ketones is 1. The van der Waals surface area contributed by atoms with Crippen molar-refractivity contribution in [2.75, 3.05) is 0 Å². The Morgan fingerprint density at radius 1 is 1.27 bits per heavy atom. The van der Waals surface area contributed by atoms with E-state index in [0.29, 0.717) is 11.0 Å². The second kappa shape index (κ2) is 7.32. The molecule has 0 aromatic heterocycles.